The normalized spacial score (nSPS) is 10.2. The Labute approximate surface area is 126 Å². The average molecular weight is 305 g/mol. The molecule has 0 fully saturated rings. The van der Waals surface area contributed by atoms with Crippen LogP contribution in [0, 0.1) is 0 Å². The van der Waals surface area contributed by atoms with Crippen LogP contribution < -0.4 is 4.84 Å². The molecular formula is C15H15NO6. The summed E-state index contributed by atoms with van der Waals surface area (Å²) in [7, 11) is 0. The molecule has 0 bridgehead atoms. The Kier molecular flexibility index (Phi) is 5.02. The second-order valence-electron chi connectivity index (χ2n) is 4.45. The highest BCUT2D eigenvalue weighted by Crippen LogP contribution is 2.18. The maximum Gasteiger partial charge on any atom is 0.333 e. The molecule has 0 aliphatic carbocycles. The Bertz CT molecular complexity index is 630. The fourth-order valence-electron chi connectivity index (χ4n) is 1.66. The standard InChI is InChI=1S/C15H15NO6/c17-12-6-7-13(18)16(12)22-15(20)9-8-14(19)21-10-11-4-2-1-3-5-11/h1-7,17-18H,8-10H2. The van der Waals surface area contributed by atoms with Crippen LogP contribution in [0.3, 0.4) is 0 Å². The highest BCUT2D eigenvalue weighted by Gasteiger charge is 2.14. The number of esters is 1. The largest absolute Gasteiger partial charge is 0.492 e. The van der Waals surface area contributed by atoms with Gasteiger partial charge < -0.3 is 19.8 Å². The van der Waals surface area contributed by atoms with E-state index in [-0.39, 0.29) is 19.4 Å². The van der Waals surface area contributed by atoms with Gasteiger partial charge in [-0.15, -0.1) is 4.73 Å². The second kappa shape index (κ2) is 7.16. The second-order valence-corrected chi connectivity index (χ2v) is 4.45. The monoisotopic (exact) mass is 305 g/mol. The zero-order valence-electron chi connectivity index (χ0n) is 11.6. The summed E-state index contributed by atoms with van der Waals surface area (Å²) in [5.41, 5.74) is 0.848. The molecule has 7 heteroatoms. The van der Waals surface area contributed by atoms with Gasteiger partial charge in [0.1, 0.15) is 6.61 Å². The molecule has 7 nitrogen and oxygen atoms in total. The van der Waals surface area contributed by atoms with Crippen molar-refractivity contribution in [3.05, 3.63) is 48.0 Å². The summed E-state index contributed by atoms with van der Waals surface area (Å²) < 4.78 is 5.58. The van der Waals surface area contributed by atoms with Crippen LogP contribution in [0.2, 0.25) is 0 Å². The molecule has 1 aromatic carbocycles. The number of benzene rings is 1. The molecule has 0 saturated heterocycles. The Morgan fingerprint density at radius 1 is 0.909 bits per heavy atom. The van der Waals surface area contributed by atoms with Crippen molar-refractivity contribution in [1.29, 1.82) is 0 Å². The molecule has 2 rings (SSSR count). The van der Waals surface area contributed by atoms with E-state index >= 15 is 0 Å². The van der Waals surface area contributed by atoms with Crippen LogP contribution in [0.4, 0.5) is 0 Å². The van der Waals surface area contributed by atoms with E-state index in [1.54, 1.807) is 0 Å². The minimum Gasteiger partial charge on any atom is -0.492 e. The molecule has 2 N–H and O–H groups in total. The van der Waals surface area contributed by atoms with E-state index in [1.807, 2.05) is 30.3 Å². The number of rotatable bonds is 6. The maximum absolute atomic E-state index is 11.5. The van der Waals surface area contributed by atoms with Crippen LogP contribution >= 0.6 is 0 Å². The van der Waals surface area contributed by atoms with Crippen molar-refractivity contribution >= 4 is 11.9 Å². The Hall–Kier alpha value is -2.96. The number of carbonyl (C=O) groups excluding carboxylic acids is 2. The third kappa shape index (κ3) is 4.27. The minimum atomic E-state index is -0.779. The predicted molar refractivity (Wildman–Crippen MR) is 74.8 cm³/mol. The van der Waals surface area contributed by atoms with E-state index in [4.69, 9.17) is 9.57 Å². The third-order valence-electron chi connectivity index (χ3n) is 2.77. The van der Waals surface area contributed by atoms with Gasteiger partial charge in [-0.1, -0.05) is 30.3 Å². The maximum atomic E-state index is 11.5. The van der Waals surface area contributed by atoms with Crippen molar-refractivity contribution in [2.24, 2.45) is 0 Å². The molecule has 1 aromatic heterocycles. The molecule has 0 unspecified atom stereocenters. The fraction of sp³-hybridized carbons (Fsp3) is 0.200. The highest BCUT2D eigenvalue weighted by atomic mass is 16.7. The SMILES string of the molecule is O=C(CCC(=O)On1c(O)ccc1O)OCc1ccccc1. The van der Waals surface area contributed by atoms with E-state index < -0.39 is 23.7 Å². The van der Waals surface area contributed by atoms with E-state index in [0.29, 0.717) is 4.73 Å². The quantitative estimate of drug-likeness (QED) is 0.782. The van der Waals surface area contributed by atoms with Gasteiger partial charge >= 0.3 is 11.9 Å². The number of nitrogens with zero attached hydrogens (tertiary/aromatic N) is 1. The first kappa shape index (κ1) is 15.4. The molecule has 116 valence electrons. The van der Waals surface area contributed by atoms with E-state index in [9.17, 15) is 19.8 Å². The molecule has 1 heterocycles. The highest BCUT2D eigenvalue weighted by molar-refractivity contribution is 5.77. The first-order valence-corrected chi connectivity index (χ1v) is 6.56. The van der Waals surface area contributed by atoms with Gasteiger partial charge in [-0.05, 0) is 5.56 Å². The Morgan fingerprint density at radius 2 is 1.50 bits per heavy atom. The third-order valence-corrected chi connectivity index (χ3v) is 2.77. The van der Waals surface area contributed by atoms with Crippen molar-refractivity contribution in [1.82, 2.24) is 4.73 Å². The summed E-state index contributed by atoms with van der Waals surface area (Å²) in [5.74, 6) is -2.16. The lowest BCUT2D eigenvalue weighted by Crippen LogP contribution is -2.20. The summed E-state index contributed by atoms with van der Waals surface area (Å²) in [6.07, 6.45) is -0.390. The zero-order valence-corrected chi connectivity index (χ0v) is 11.6. The summed E-state index contributed by atoms with van der Waals surface area (Å²) in [6.45, 7) is 0.133. The number of hydrogen-bond donors (Lipinski definition) is 2. The number of hydrogen-bond acceptors (Lipinski definition) is 6. The van der Waals surface area contributed by atoms with Crippen molar-refractivity contribution < 1.29 is 29.4 Å². The van der Waals surface area contributed by atoms with Crippen molar-refractivity contribution in [3.8, 4) is 11.8 Å². The summed E-state index contributed by atoms with van der Waals surface area (Å²) in [4.78, 5) is 27.7. The topological polar surface area (TPSA) is 98.0 Å². The van der Waals surface area contributed by atoms with Gasteiger partial charge in [-0.3, -0.25) is 4.79 Å². The molecule has 0 aliphatic heterocycles. The smallest absolute Gasteiger partial charge is 0.333 e. The summed E-state index contributed by atoms with van der Waals surface area (Å²) in [5, 5.41) is 18.6. The predicted octanol–water partition coefficient (Wildman–Crippen LogP) is 1.38. The Morgan fingerprint density at radius 3 is 2.14 bits per heavy atom. The van der Waals surface area contributed by atoms with Gasteiger partial charge in [0.2, 0.25) is 11.8 Å². The minimum absolute atomic E-state index is 0.133. The lowest BCUT2D eigenvalue weighted by Gasteiger charge is -2.07. The number of ether oxygens (including phenoxy) is 1. The number of aromatic nitrogens is 1. The molecule has 0 atom stereocenters. The summed E-state index contributed by atoms with van der Waals surface area (Å²) >= 11 is 0. The summed E-state index contributed by atoms with van der Waals surface area (Å²) in [6, 6.07) is 11.5. The van der Waals surface area contributed by atoms with Crippen LogP contribution in [-0.4, -0.2) is 26.9 Å². The molecule has 22 heavy (non-hydrogen) atoms. The van der Waals surface area contributed by atoms with Crippen molar-refractivity contribution in [2.75, 3.05) is 0 Å². The van der Waals surface area contributed by atoms with Crippen LogP contribution in [0.5, 0.6) is 11.8 Å². The van der Waals surface area contributed by atoms with E-state index in [1.165, 1.54) is 0 Å². The van der Waals surface area contributed by atoms with Crippen LogP contribution in [0.1, 0.15) is 18.4 Å². The lowest BCUT2D eigenvalue weighted by molar-refractivity contribution is -0.151. The van der Waals surface area contributed by atoms with Gasteiger partial charge in [-0.2, -0.15) is 0 Å². The van der Waals surface area contributed by atoms with Gasteiger partial charge in [-0.25, -0.2) is 4.79 Å². The molecule has 0 spiro atoms. The van der Waals surface area contributed by atoms with Gasteiger partial charge in [0, 0.05) is 12.1 Å². The molecular weight excluding hydrogens is 290 g/mol. The molecule has 0 aliphatic rings. The van der Waals surface area contributed by atoms with Crippen LogP contribution in [-0.2, 0) is 20.9 Å². The average Bonchev–Trinajstić information content (AvgIpc) is 2.84. The number of aromatic hydroxyl groups is 2. The molecule has 0 amide bonds. The molecule has 0 radical (unpaired) electrons. The van der Waals surface area contributed by atoms with E-state index in [2.05, 4.69) is 0 Å². The first-order valence-electron chi connectivity index (χ1n) is 6.56. The van der Waals surface area contributed by atoms with Gasteiger partial charge in [0.25, 0.3) is 0 Å². The Balaban J connectivity index is 1.73. The number of carbonyl (C=O) groups is 2. The molecule has 2 aromatic rings. The zero-order chi connectivity index (χ0) is 15.9. The van der Waals surface area contributed by atoms with Crippen molar-refractivity contribution in [3.63, 3.8) is 0 Å². The van der Waals surface area contributed by atoms with Crippen LogP contribution in [0.15, 0.2) is 42.5 Å². The van der Waals surface area contributed by atoms with Crippen LogP contribution in [0.25, 0.3) is 0 Å². The van der Waals surface area contributed by atoms with Gasteiger partial charge in [0.05, 0.1) is 12.8 Å². The lowest BCUT2D eigenvalue weighted by atomic mass is 10.2. The van der Waals surface area contributed by atoms with Gasteiger partial charge in [0.15, 0.2) is 0 Å². The first-order chi connectivity index (χ1) is 10.6. The van der Waals surface area contributed by atoms with E-state index in [0.717, 1.165) is 17.7 Å². The fourth-order valence-corrected chi connectivity index (χ4v) is 1.66. The van der Waals surface area contributed by atoms with Crippen molar-refractivity contribution in [2.45, 2.75) is 19.4 Å². The molecule has 0 saturated carbocycles.